The van der Waals surface area contributed by atoms with Crippen molar-refractivity contribution in [2.24, 2.45) is 5.92 Å². The summed E-state index contributed by atoms with van der Waals surface area (Å²) in [4.78, 5) is 19.0. The Morgan fingerprint density at radius 2 is 2.52 bits per heavy atom. The highest BCUT2D eigenvalue weighted by atomic mass is 32.1. The maximum absolute atomic E-state index is 12.4. The first kappa shape index (κ1) is 13.8. The fourth-order valence-corrected chi connectivity index (χ4v) is 3.63. The predicted molar refractivity (Wildman–Crippen MR) is 80.0 cm³/mol. The van der Waals surface area contributed by atoms with Crippen molar-refractivity contribution < 1.29 is 4.79 Å². The van der Waals surface area contributed by atoms with Crippen molar-refractivity contribution in [3.8, 4) is 6.07 Å². The molecule has 1 aliphatic heterocycles. The first-order valence-corrected chi connectivity index (χ1v) is 7.80. The van der Waals surface area contributed by atoms with E-state index in [-0.39, 0.29) is 5.91 Å². The molecular formula is C15H16N4OS. The molecule has 3 heterocycles. The molecule has 0 spiro atoms. The molecule has 0 unspecified atom stereocenters. The fourth-order valence-electron chi connectivity index (χ4n) is 2.79. The molecule has 0 bridgehead atoms. The lowest BCUT2D eigenvalue weighted by atomic mass is 9.99. The lowest BCUT2D eigenvalue weighted by molar-refractivity contribution is 0.0765. The number of hydrogen-bond donors (Lipinski definition) is 0. The first-order valence-electron chi connectivity index (χ1n) is 6.92. The minimum atomic E-state index is -0.0574. The van der Waals surface area contributed by atoms with Gasteiger partial charge in [0.1, 0.15) is 16.8 Å². The highest BCUT2D eigenvalue weighted by molar-refractivity contribution is 7.12. The highest BCUT2D eigenvalue weighted by Crippen LogP contribution is 2.22. The van der Waals surface area contributed by atoms with Crippen molar-refractivity contribution >= 4 is 17.2 Å². The third-order valence-corrected chi connectivity index (χ3v) is 4.79. The van der Waals surface area contributed by atoms with Crippen LogP contribution in [0.3, 0.4) is 0 Å². The van der Waals surface area contributed by atoms with Gasteiger partial charge in [-0.3, -0.25) is 4.79 Å². The molecule has 0 fully saturated rings. The van der Waals surface area contributed by atoms with Gasteiger partial charge in [-0.05, 0) is 23.8 Å². The third kappa shape index (κ3) is 2.69. The van der Waals surface area contributed by atoms with Crippen molar-refractivity contribution in [3.63, 3.8) is 0 Å². The van der Waals surface area contributed by atoms with E-state index in [1.165, 1.54) is 11.3 Å². The number of nitrogens with zero attached hydrogens (tertiary/aromatic N) is 4. The van der Waals surface area contributed by atoms with Crippen LogP contribution < -0.4 is 0 Å². The van der Waals surface area contributed by atoms with Gasteiger partial charge in [-0.1, -0.05) is 0 Å². The van der Waals surface area contributed by atoms with Crippen LogP contribution in [-0.4, -0.2) is 34.0 Å². The van der Waals surface area contributed by atoms with E-state index in [0.717, 1.165) is 25.2 Å². The summed E-state index contributed by atoms with van der Waals surface area (Å²) in [5.74, 6) is 1.51. The smallest absolute Gasteiger partial charge is 0.265 e. The molecule has 1 amide bonds. The molecule has 6 heteroatoms. The van der Waals surface area contributed by atoms with Gasteiger partial charge in [0.15, 0.2) is 0 Å². The van der Waals surface area contributed by atoms with Crippen LogP contribution in [0.25, 0.3) is 0 Å². The summed E-state index contributed by atoms with van der Waals surface area (Å²) < 4.78 is 2.17. The highest BCUT2D eigenvalue weighted by Gasteiger charge is 2.24. The van der Waals surface area contributed by atoms with Crippen molar-refractivity contribution in [1.82, 2.24) is 14.5 Å². The number of amides is 1. The van der Waals surface area contributed by atoms with Crippen LogP contribution in [0, 0.1) is 17.2 Å². The summed E-state index contributed by atoms with van der Waals surface area (Å²) in [6.45, 7) is 1.61. The van der Waals surface area contributed by atoms with Crippen molar-refractivity contribution in [2.45, 2.75) is 19.4 Å². The number of nitriles is 1. The number of aromatic nitrogens is 2. The topological polar surface area (TPSA) is 61.9 Å². The molecule has 3 rings (SSSR count). The molecule has 0 N–H and O–H groups in total. The van der Waals surface area contributed by atoms with Gasteiger partial charge in [0, 0.05) is 39.0 Å². The lowest BCUT2D eigenvalue weighted by Crippen LogP contribution is -2.35. The van der Waals surface area contributed by atoms with Gasteiger partial charge in [0.25, 0.3) is 5.91 Å². The number of thiophene rings is 1. The molecule has 1 atom stereocenters. The quantitative estimate of drug-likeness (QED) is 0.872. The normalized spacial score (nSPS) is 17.0. The SMILES string of the molecule is CN(C[C@H]1CCc2nccn2C1)C(=O)c1sccc1C#N. The Labute approximate surface area is 127 Å². The standard InChI is InChI=1S/C15H16N4OS/c1-18(15(20)14-12(8-16)4-7-21-14)9-11-2-3-13-17-5-6-19(13)10-11/h4-7,11H,2-3,9-10H2,1H3/t11-/m1/s1. The maximum atomic E-state index is 12.4. The van der Waals surface area contributed by atoms with E-state index < -0.39 is 0 Å². The minimum Gasteiger partial charge on any atom is -0.341 e. The average Bonchev–Trinajstić information content (AvgIpc) is 3.14. The lowest BCUT2D eigenvalue weighted by Gasteiger charge is -2.28. The van der Waals surface area contributed by atoms with E-state index in [2.05, 4.69) is 15.6 Å². The van der Waals surface area contributed by atoms with Gasteiger partial charge in [-0.15, -0.1) is 11.3 Å². The molecule has 0 radical (unpaired) electrons. The monoisotopic (exact) mass is 300 g/mol. The van der Waals surface area contributed by atoms with E-state index in [9.17, 15) is 4.79 Å². The number of carbonyl (C=O) groups excluding carboxylic acids is 1. The molecule has 2 aromatic rings. The van der Waals surface area contributed by atoms with Crippen molar-refractivity contribution in [2.75, 3.05) is 13.6 Å². The number of imidazole rings is 1. The van der Waals surface area contributed by atoms with Crippen LogP contribution in [0.5, 0.6) is 0 Å². The Hall–Kier alpha value is -2.13. The minimum absolute atomic E-state index is 0.0574. The number of fused-ring (bicyclic) bond motifs is 1. The zero-order valence-corrected chi connectivity index (χ0v) is 12.6. The van der Waals surface area contributed by atoms with E-state index in [1.807, 2.05) is 19.4 Å². The molecule has 0 saturated carbocycles. The number of aryl methyl sites for hydroxylation is 1. The molecule has 108 valence electrons. The zero-order chi connectivity index (χ0) is 14.8. The molecule has 2 aromatic heterocycles. The van der Waals surface area contributed by atoms with Gasteiger partial charge in [0.2, 0.25) is 0 Å². The Bertz CT molecular complexity index is 697. The summed E-state index contributed by atoms with van der Waals surface area (Å²) in [6.07, 6.45) is 5.83. The van der Waals surface area contributed by atoms with E-state index in [4.69, 9.17) is 5.26 Å². The first-order chi connectivity index (χ1) is 10.2. The maximum Gasteiger partial charge on any atom is 0.265 e. The number of carbonyl (C=O) groups is 1. The van der Waals surface area contributed by atoms with Crippen LogP contribution >= 0.6 is 11.3 Å². The summed E-state index contributed by atoms with van der Waals surface area (Å²) >= 11 is 1.33. The summed E-state index contributed by atoms with van der Waals surface area (Å²) in [5.41, 5.74) is 0.470. The van der Waals surface area contributed by atoms with Crippen LogP contribution in [-0.2, 0) is 13.0 Å². The average molecular weight is 300 g/mol. The van der Waals surface area contributed by atoms with Crippen LogP contribution in [0.1, 0.15) is 27.5 Å². The molecule has 5 nitrogen and oxygen atoms in total. The van der Waals surface area contributed by atoms with Crippen molar-refractivity contribution in [3.05, 3.63) is 40.1 Å². The van der Waals surface area contributed by atoms with Gasteiger partial charge in [-0.2, -0.15) is 5.26 Å². The van der Waals surface area contributed by atoms with Crippen LogP contribution in [0.2, 0.25) is 0 Å². The Morgan fingerprint density at radius 1 is 1.67 bits per heavy atom. The second-order valence-electron chi connectivity index (χ2n) is 5.36. The number of hydrogen-bond acceptors (Lipinski definition) is 4. The molecular weight excluding hydrogens is 284 g/mol. The Balaban J connectivity index is 1.66. The van der Waals surface area contributed by atoms with E-state index in [1.54, 1.807) is 16.3 Å². The molecule has 0 saturated heterocycles. The number of rotatable bonds is 3. The van der Waals surface area contributed by atoms with E-state index in [0.29, 0.717) is 22.9 Å². The molecule has 21 heavy (non-hydrogen) atoms. The summed E-state index contributed by atoms with van der Waals surface area (Å²) in [7, 11) is 1.81. The van der Waals surface area contributed by atoms with Gasteiger partial charge < -0.3 is 9.47 Å². The van der Waals surface area contributed by atoms with Gasteiger partial charge >= 0.3 is 0 Å². The Morgan fingerprint density at radius 3 is 3.33 bits per heavy atom. The fraction of sp³-hybridized carbons (Fsp3) is 0.400. The van der Waals surface area contributed by atoms with Gasteiger partial charge in [-0.25, -0.2) is 4.98 Å². The predicted octanol–water partition coefficient (Wildman–Crippen LogP) is 2.15. The van der Waals surface area contributed by atoms with Gasteiger partial charge in [0.05, 0.1) is 5.56 Å². The Kier molecular flexibility index (Phi) is 3.76. The molecule has 1 aliphatic rings. The van der Waals surface area contributed by atoms with E-state index >= 15 is 0 Å². The second kappa shape index (κ2) is 5.70. The molecule has 0 aliphatic carbocycles. The second-order valence-corrected chi connectivity index (χ2v) is 6.28. The summed E-state index contributed by atoms with van der Waals surface area (Å²) in [5, 5.41) is 10.8. The van der Waals surface area contributed by atoms with Crippen LogP contribution in [0.4, 0.5) is 0 Å². The van der Waals surface area contributed by atoms with Crippen molar-refractivity contribution in [1.29, 1.82) is 5.26 Å². The van der Waals surface area contributed by atoms with Crippen LogP contribution in [0.15, 0.2) is 23.8 Å². The third-order valence-electron chi connectivity index (χ3n) is 3.89. The summed E-state index contributed by atoms with van der Waals surface area (Å²) in [6, 6.07) is 3.77. The zero-order valence-electron chi connectivity index (χ0n) is 11.8. The molecule has 0 aromatic carbocycles. The largest absolute Gasteiger partial charge is 0.341 e.